The van der Waals surface area contributed by atoms with Gasteiger partial charge >= 0.3 is 0 Å². The van der Waals surface area contributed by atoms with Gasteiger partial charge in [0.25, 0.3) is 0 Å². The lowest BCUT2D eigenvalue weighted by Crippen LogP contribution is -2.43. The lowest BCUT2D eigenvalue weighted by Gasteiger charge is -2.16. The van der Waals surface area contributed by atoms with Gasteiger partial charge in [-0.1, -0.05) is 13.8 Å². The van der Waals surface area contributed by atoms with Gasteiger partial charge in [-0.3, -0.25) is 4.79 Å². The van der Waals surface area contributed by atoms with Crippen molar-refractivity contribution in [3.63, 3.8) is 0 Å². The maximum absolute atomic E-state index is 12.0. The first-order chi connectivity index (χ1) is 8.08. The van der Waals surface area contributed by atoms with Crippen molar-refractivity contribution in [1.82, 2.24) is 5.32 Å². The standard InChI is InChI=1S/C14H24N2O/c1-7(2)5-10(15)14(17)16-13-11-8-3-4-9(6-8)12(11)13/h7-13H,3-6,15H2,1-2H3,(H,16,17)/t8?,9?,10-,11?,12?,13?/m0/s1. The fourth-order valence-corrected chi connectivity index (χ4v) is 4.40. The van der Waals surface area contributed by atoms with Gasteiger partial charge in [-0.15, -0.1) is 0 Å². The Balaban J connectivity index is 1.51. The first-order valence-corrected chi connectivity index (χ1v) is 7.14. The highest BCUT2D eigenvalue weighted by atomic mass is 16.2. The van der Waals surface area contributed by atoms with Gasteiger partial charge in [0.15, 0.2) is 0 Å². The molecule has 0 spiro atoms. The van der Waals surface area contributed by atoms with Gasteiger partial charge < -0.3 is 11.1 Å². The molecule has 5 atom stereocenters. The van der Waals surface area contributed by atoms with Crippen LogP contribution in [0.1, 0.15) is 39.5 Å². The van der Waals surface area contributed by atoms with Crippen LogP contribution in [0, 0.1) is 29.6 Å². The summed E-state index contributed by atoms with van der Waals surface area (Å²) in [7, 11) is 0. The lowest BCUT2D eigenvalue weighted by molar-refractivity contribution is -0.123. The molecule has 3 saturated carbocycles. The molecule has 96 valence electrons. The fourth-order valence-electron chi connectivity index (χ4n) is 4.40. The second kappa shape index (κ2) is 3.98. The minimum Gasteiger partial charge on any atom is -0.351 e. The van der Waals surface area contributed by atoms with Gasteiger partial charge in [0, 0.05) is 6.04 Å². The normalized spacial score (nSPS) is 43.6. The highest BCUT2D eigenvalue weighted by molar-refractivity contribution is 5.82. The van der Waals surface area contributed by atoms with Crippen molar-refractivity contribution in [2.24, 2.45) is 35.3 Å². The Kier molecular flexibility index (Phi) is 2.69. The molecule has 2 bridgehead atoms. The Morgan fingerprint density at radius 1 is 1.29 bits per heavy atom. The summed E-state index contributed by atoms with van der Waals surface area (Å²) in [4.78, 5) is 12.0. The molecule has 3 nitrogen and oxygen atoms in total. The predicted octanol–water partition coefficient (Wildman–Crippen LogP) is 1.52. The largest absolute Gasteiger partial charge is 0.351 e. The molecule has 0 aromatic heterocycles. The molecule has 3 rings (SSSR count). The van der Waals surface area contributed by atoms with Crippen molar-refractivity contribution < 1.29 is 4.79 Å². The van der Waals surface area contributed by atoms with Crippen molar-refractivity contribution in [2.75, 3.05) is 0 Å². The number of hydrogen-bond acceptors (Lipinski definition) is 2. The van der Waals surface area contributed by atoms with E-state index in [4.69, 9.17) is 5.73 Å². The quantitative estimate of drug-likeness (QED) is 0.777. The Morgan fingerprint density at radius 3 is 2.41 bits per heavy atom. The number of fused-ring (bicyclic) bond motifs is 5. The summed E-state index contributed by atoms with van der Waals surface area (Å²) in [5.41, 5.74) is 5.92. The lowest BCUT2D eigenvalue weighted by atomic mass is 10.0. The van der Waals surface area contributed by atoms with Crippen molar-refractivity contribution >= 4 is 5.91 Å². The van der Waals surface area contributed by atoms with Gasteiger partial charge in [-0.2, -0.15) is 0 Å². The second-order valence-electron chi connectivity index (χ2n) is 6.76. The van der Waals surface area contributed by atoms with E-state index in [1.807, 2.05) is 0 Å². The van der Waals surface area contributed by atoms with Gasteiger partial charge in [0.05, 0.1) is 6.04 Å². The molecule has 0 aliphatic heterocycles. The van der Waals surface area contributed by atoms with Crippen LogP contribution in [0.5, 0.6) is 0 Å². The van der Waals surface area contributed by atoms with Crippen molar-refractivity contribution in [3.8, 4) is 0 Å². The number of nitrogens with two attached hydrogens (primary N) is 1. The molecule has 0 radical (unpaired) electrons. The Hall–Kier alpha value is -0.570. The van der Waals surface area contributed by atoms with Crippen LogP contribution in [-0.2, 0) is 4.79 Å². The van der Waals surface area contributed by atoms with Crippen LogP contribution >= 0.6 is 0 Å². The highest BCUT2D eigenvalue weighted by Crippen LogP contribution is 2.65. The third-order valence-corrected chi connectivity index (χ3v) is 5.11. The molecule has 0 aromatic rings. The predicted molar refractivity (Wildman–Crippen MR) is 67.2 cm³/mol. The van der Waals surface area contributed by atoms with Gasteiger partial charge in [0.1, 0.15) is 0 Å². The van der Waals surface area contributed by atoms with Gasteiger partial charge in [0.2, 0.25) is 5.91 Å². The number of hydrogen-bond donors (Lipinski definition) is 2. The summed E-state index contributed by atoms with van der Waals surface area (Å²) in [6.45, 7) is 4.22. The van der Waals surface area contributed by atoms with E-state index < -0.39 is 0 Å². The number of carbonyl (C=O) groups is 1. The van der Waals surface area contributed by atoms with Crippen LogP contribution in [0.3, 0.4) is 0 Å². The molecule has 0 aromatic carbocycles. The highest BCUT2D eigenvalue weighted by Gasteiger charge is 2.65. The smallest absolute Gasteiger partial charge is 0.237 e. The number of rotatable bonds is 4. The zero-order valence-corrected chi connectivity index (χ0v) is 10.9. The van der Waals surface area contributed by atoms with E-state index in [1.165, 1.54) is 19.3 Å². The molecule has 3 aliphatic rings. The maximum Gasteiger partial charge on any atom is 0.237 e. The van der Waals surface area contributed by atoms with E-state index in [9.17, 15) is 4.79 Å². The molecule has 17 heavy (non-hydrogen) atoms. The zero-order valence-electron chi connectivity index (χ0n) is 10.9. The molecule has 1 amide bonds. The Bertz CT molecular complexity index is 312. The van der Waals surface area contributed by atoms with Crippen molar-refractivity contribution in [3.05, 3.63) is 0 Å². The summed E-state index contributed by atoms with van der Waals surface area (Å²) >= 11 is 0. The van der Waals surface area contributed by atoms with E-state index in [1.54, 1.807) is 0 Å². The van der Waals surface area contributed by atoms with Gasteiger partial charge in [-0.25, -0.2) is 0 Å². The van der Waals surface area contributed by atoms with Crippen LogP contribution in [0.4, 0.5) is 0 Å². The van der Waals surface area contributed by atoms with Crippen LogP contribution < -0.4 is 11.1 Å². The fraction of sp³-hybridized carbons (Fsp3) is 0.929. The number of carbonyl (C=O) groups excluding carboxylic acids is 1. The monoisotopic (exact) mass is 236 g/mol. The van der Waals surface area contributed by atoms with Crippen LogP contribution in [0.25, 0.3) is 0 Å². The van der Waals surface area contributed by atoms with E-state index in [-0.39, 0.29) is 11.9 Å². The third-order valence-electron chi connectivity index (χ3n) is 5.11. The summed E-state index contributed by atoms with van der Waals surface area (Å²) in [5.74, 6) is 4.02. The minimum atomic E-state index is -0.311. The number of amides is 1. The van der Waals surface area contributed by atoms with E-state index in [0.717, 1.165) is 30.1 Å². The summed E-state index contributed by atoms with van der Waals surface area (Å²) in [5, 5.41) is 3.20. The Labute approximate surface area is 104 Å². The minimum absolute atomic E-state index is 0.0810. The molecule has 4 unspecified atom stereocenters. The first-order valence-electron chi connectivity index (χ1n) is 7.14. The molecular weight excluding hydrogens is 212 g/mol. The average Bonchev–Trinajstić information content (AvgIpc) is 2.69. The number of nitrogens with one attached hydrogen (secondary N) is 1. The molecular formula is C14H24N2O. The molecule has 3 N–H and O–H groups in total. The van der Waals surface area contributed by atoms with E-state index in [2.05, 4.69) is 19.2 Å². The van der Waals surface area contributed by atoms with E-state index >= 15 is 0 Å². The molecule has 0 heterocycles. The SMILES string of the molecule is CC(C)C[C@H](N)C(=O)NC1C2C3CCC(C3)C12. The molecule has 3 heteroatoms. The summed E-state index contributed by atoms with van der Waals surface area (Å²) in [6, 6.07) is 0.168. The summed E-state index contributed by atoms with van der Waals surface area (Å²) in [6.07, 6.45) is 5.02. The topological polar surface area (TPSA) is 55.1 Å². The second-order valence-corrected chi connectivity index (χ2v) is 6.76. The average molecular weight is 236 g/mol. The first kappa shape index (κ1) is 11.5. The van der Waals surface area contributed by atoms with Crippen molar-refractivity contribution in [2.45, 2.75) is 51.6 Å². The van der Waals surface area contributed by atoms with E-state index in [0.29, 0.717) is 12.0 Å². The van der Waals surface area contributed by atoms with Crippen LogP contribution in [-0.4, -0.2) is 18.0 Å². The Morgan fingerprint density at radius 2 is 1.88 bits per heavy atom. The molecule has 3 fully saturated rings. The molecule has 3 aliphatic carbocycles. The molecule has 0 saturated heterocycles. The zero-order chi connectivity index (χ0) is 12.2. The van der Waals surface area contributed by atoms with Crippen molar-refractivity contribution in [1.29, 1.82) is 0 Å². The van der Waals surface area contributed by atoms with Crippen LogP contribution in [0.15, 0.2) is 0 Å². The van der Waals surface area contributed by atoms with Crippen LogP contribution in [0.2, 0.25) is 0 Å². The maximum atomic E-state index is 12.0. The summed E-state index contributed by atoms with van der Waals surface area (Å²) < 4.78 is 0. The third kappa shape index (κ3) is 1.88. The van der Waals surface area contributed by atoms with Gasteiger partial charge in [-0.05, 0) is 55.3 Å².